The molecule has 0 saturated heterocycles. The third-order valence-electron chi connectivity index (χ3n) is 6.03. The van der Waals surface area contributed by atoms with Crippen molar-refractivity contribution in [2.75, 3.05) is 5.73 Å². The zero-order valence-corrected chi connectivity index (χ0v) is 18.6. The molecule has 0 spiro atoms. The van der Waals surface area contributed by atoms with E-state index in [-0.39, 0.29) is 40.9 Å². The molecule has 0 bridgehead atoms. The summed E-state index contributed by atoms with van der Waals surface area (Å²) < 4.78 is 36.0. The van der Waals surface area contributed by atoms with E-state index in [1.54, 1.807) is 16.8 Å². The molecular formula is C25H22F2N6O2. The van der Waals surface area contributed by atoms with Crippen LogP contribution in [0.4, 0.5) is 14.6 Å². The van der Waals surface area contributed by atoms with Gasteiger partial charge in [0.25, 0.3) is 0 Å². The van der Waals surface area contributed by atoms with Gasteiger partial charge in [0.05, 0.1) is 11.4 Å². The van der Waals surface area contributed by atoms with Gasteiger partial charge in [-0.05, 0) is 49.6 Å². The molecule has 2 atom stereocenters. The summed E-state index contributed by atoms with van der Waals surface area (Å²) in [5.41, 5.74) is 7.17. The molecule has 1 aliphatic carbocycles. The molecule has 178 valence electrons. The molecule has 0 aliphatic heterocycles. The molecular weight excluding hydrogens is 454 g/mol. The van der Waals surface area contributed by atoms with Crippen LogP contribution in [0.15, 0.2) is 61.4 Å². The number of nitrogens with one attached hydrogen (secondary N) is 1. The third kappa shape index (κ3) is 4.42. The van der Waals surface area contributed by atoms with Gasteiger partial charge in [0, 0.05) is 23.7 Å². The maximum absolute atomic E-state index is 15.3. The zero-order chi connectivity index (χ0) is 24.5. The first kappa shape index (κ1) is 22.5. The third-order valence-corrected chi connectivity index (χ3v) is 6.03. The van der Waals surface area contributed by atoms with Crippen molar-refractivity contribution < 1.29 is 18.3 Å². The number of carbonyl (C=O) groups excluding carboxylic acids is 1. The van der Waals surface area contributed by atoms with Crippen LogP contribution in [-0.4, -0.2) is 31.7 Å². The fourth-order valence-corrected chi connectivity index (χ4v) is 4.43. The molecule has 35 heavy (non-hydrogen) atoms. The Labute approximate surface area is 199 Å². The minimum absolute atomic E-state index is 0.0247. The molecule has 1 aliphatic rings. The van der Waals surface area contributed by atoms with E-state index in [0.29, 0.717) is 23.1 Å². The van der Waals surface area contributed by atoms with Crippen LogP contribution < -0.4 is 15.8 Å². The van der Waals surface area contributed by atoms with E-state index < -0.39 is 11.6 Å². The van der Waals surface area contributed by atoms with Gasteiger partial charge in [-0.25, -0.2) is 23.4 Å². The number of carbonyl (C=O) groups is 1. The van der Waals surface area contributed by atoms with E-state index in [1.807, 2.05) is 0 Å². The highest BCUT2D eigenvalue weighted by Gasteiger charge is 2.30. The predicted molar refractivity (Wildman–Crippen MR) is 127 cm³/mol. The first-order valence-electron chi connectivity index (χ1n) is 11.1. The number of nitrogens with two attached hydrogens (primary N) is 1. The van der Waals surface area contributed by atoms with Gasteiger partial charge < -0.3 is 15.8 Å². The van der Waals surface area contributed by atoms with Gasteiger partial charge in [-0.3, -0.25) is 4.79 Å². The molecule has 2 aromatic carbocycles. The Bertz CT molecular complexity index is 1440. The van der Waals surface area contributed by atoms with Gasteiger partial charge >= 0.3 is 0 Å². The fraction of sp³-hybridized carbons (Fsp3) is 0.200. The van der Waals surface area contributed by atoms with Crippen LogP contribution >= 0.6 is 0 Å². The van der Waals surface area contributed by atoms with E-state index in [2.05, 4.69) is 21.9 Å². The lowest BCUT2D eigenvalue weighted by atomic mass is 10.1. The van der Waals surface area contributed by atoms with E-state index in [9.17, 15) is 9.18 Å². The maximum atomic E-state index is 15.3. The van der Waals surface area contributed by atoms with Crippen molar-refractivity contribution in [3.8, 4) is 22.8 Å². The number of aromatic nitrogens is 4. The Balaban J connectivity index is 1.49. The van der Waals surface area contributed by atoms with E-state index in [4.69, 9.17) is 15.6 Å². The zero-order valence-electron chi connectivity index (χ0n) is 18.6. The van der Waals surface area contributed by atoms with Crippen LogP contribution in [0.5, 0.6) is 11.5 Å². The molecule has 1 fully saturated rings. The number of nitrogens with zero attached hydrogens (tertiary/aromatic N) is 4. The van der Waals surface area contributed by atoms with Crippen molar-refractivity contribution in [1.82, 2.24) is 25.1 Å². The molecule has 5 rings (SSSR count). The number of hydrogen-bond donors (Lipinski definition) is 2. The largest absolute Gasteiger partial charge is 0.457 e. The van der Waals surface area contributed by atoms with Gasteiger partial charge in [0.15, 0.2) is 5.65 Å². The molecule has 2 heterocycles. The summed E-state index contributed by atoms with van der Waals surface area (Å²) in [6.07, 6.45) is 4.75. The number of benzene rings is 2. The summed E-state index contributed by atoms with van der Waals surface area (Å²) >= 11 is 0. The van der Waals surface area contributed by atoms with Crippen LogP contribution in [0.2, 0.25) is 0 Å². The smallest absolute Gasteiger partial charge is 0.243 e. The number of ether oxygens (including phenoxy) is 1. The van der Waals surface area contributed by atoms with Gasteiger partial charge in [-0.2, -0.15) is 5.10 Å². The average Bonchev–Trinajstić information content (AvgIpc) is 3.44. The second-order valence-electron chi connectivity index (χ2n) is 8.33. The van der Waals surface area contributed by atoms with Crippen molar-refractivity contribution in [2.45, 2.75) is 31.3 Å². The lowest BCUT2D eigenvalue weighted by Gasteiger charge is -2.13. The Morgan fingerprint density at radius 1 is 1.17 bits per heavy atom. The normalized spacial score (nSPS) is 17.4. The fourth-order valence-electron chi connectivity index (χ4n) is 4.43. The summed E-state index contributed by atoms with van der Waals surface area (Å²) in [6.45, 7) is 3.49. The van der Waals surface area contributed by atoms with Gasteiger partial charge in [-0.1, -0.05) is 12.6 Å². The summed E-state index contributed by atoms with van der Waals surface area (Å²) in [5, 5.41) is 8.05. The van der Waals surface area contributed by atoms with Crippen LogP contribution in [-0.2, 0) is 4.79 Å². The van der Waals surface area contributed by atoms with Crippen molar-refractivity contribution in [3.05, 3.63) is 73.1 Å². The van der Waals surface area contributed by atoms with E-state index in [0.717, 1.165) is 12.8 Å². The number of rotatable bonds is 6. The lowest BCUT2D eigenvalue weighted by Crippen LogP contribution is -2.31. The summed E-state index contributed by atoms with van der Waals surface area (Å²) in [5.74, 6) is -0.618. The summed E-state index contributed by atoms with van der Waals surface area (Å²) in [4.78, 5) is 20.1. The second-order valence-corrected chi connectivity index (χ2v) is 8.33. The molecule has 4 aromatic rings. The van der Waals surface area contributed by atoms with Crippen molar-refractivity contribution in [2.24, 2.45) is 0 Å². The van der Waals surface area contributed by atoms with Crippen LogP contribution in [0.25, 0.3) is 22.3 Å². The Morgan fingerprint density at radius 2 is 2.00 bits per heavy atom. The van der Waals surface area contributed by atoms with Gasteiger partial charge in [0.2, 0.25) is 5.91 Å². The molecule has 1 amide bonds. The Hall–Kier alpha value is -4.34. The standard InChI is InChI=1S/C25H22F2N6O2/c1-2-21(34)31-15-6-7-16(11-15)33-25-22(24(28)29-13-30-25)23(32-33)19-9-8-18(12-20(19)27)35-17-5-3-4-14(26)10-17/h2-5,8-10,12-13,15-16H,1,6-7,11H2,(H,31,34)(H2,28,29,30)/t15-,16?/m0/s1. The molecule has 10 heteroatoms. The highest BCUT2D eigenvalue weighted by Crippen LogP contribution is 2.38. The summed E-state index contributed by atoms with van der Waals surface area (Å²) in [6, 6.07) is 9.83. The van der Waals surface area contributed by atoms with Crippen LogP contribution in [0.3, 0.4) is 0 Å². The SMILES string of the molecule is C=CC(=O)N[C@H]1CCC(n2nc(-c3ccc(Oc4cccc(F)c4)cc3F)c3c(N)ncnc32)C1. The number of amides is 1. The van der Waals surface area contributed by atoms with Crippen LogP contribution in [0, 0.1) is 11.6 Å². The molecule has 0 radical (unpaired) electrons. The van der Waals surface area contributed by atoms with Crippen molar-refractivity contribution in [1.29, 1.82) is 0 Å². The second kappa shape index (κ2) is 9.13. The molecule has 8 nitrogen and oxygen atoms in total. The predicted octanol–water partition coefficient (Wildman–Crippen LogP) is 4.54. The van der Waals surface area contributed by atoms with E-state index in [1.165, 1.54) is 42.7 Å². The quantitative estimate of drug-likeness (QED) is 0.396. The minimum atomic E-state index is -0.587. The highest BCUT2D eigenvalue weighted by molar-refractivity contribution is 5.98. The number of nitrogen functional groups attached to an aromatic ring is 1. The Kier molecular flexibility index (Phi) is 5.86. The topological polar surface area (TPSA) is 108 Å². The minimum Gasteiger partial charge on any atom is -0.457 e. The maximum Gasteiger partial charge on any atom is 0.243 e. The van der Waals surface area contributed by atoms with Gasteiger partial charge in [-0.15, -0.1) is 0 Å². The highest BCUT2D eigenvalue weighted by atomic mass is 19.1. The summed E-state index contributed by atoms with van der Waals surface area (Å²) in [7, 11) is 0. The number of hydrogen-bond acceptors (Lipinski definition) is 6. The van der Waals surface area contributed by atoms with Gasteiger partial charge in [0.1, 0.15) is 41.0 Å². The van der Waals surface area contributed by atoms with E-state index >= 15 is 4.39 Å². The van der Waals surface area contributed by atoms with Crippen molar-refractivity contribution >= 4 is 22.8 Å². The number of anilines is 1. The molecule has 1 unspecified atom stereocenters. The molecule has 2 aromatic heterocycles. The number of halogens is 2. The molecule has 3 N–H and O–H groups in total. The molecule has 1 saturated carbocycles. The van der Waals surface area contributed by atoms with Crippen LogP contribution in [0.1, 0.15) is 25.3 Å². The Morgan fingerprint density at radius 3 is 2.77 bits per heavy atom. The monoisotopic (exact) mass is 476 g/mol. The lowest BCUT2D eigenvalue weighted by molar-refractivity contribution is -0.117. The first-order valence-corrected chi connectivity index (χ1v) is 11.1. The average molecular weight is 476 g/mol. The first-order chi connectivity index (χ1) is 16.9. The number of fused-ring (bicyclic) bond motifs is 1. The van der Waals surface area contributed by atoms with Crippen molar-refractivity contribution in [3.63, 3.8) is 0 Å².